The van der Waals surface area contributed by atoms with Crippen LogP contribution in [0.3, 0.4) is 0 Å². The van der Waals surface area contributed by atoms with Gasteiger partial charge in [0.05, 0.1) is 44.0 Å². The van der Waals surface area contributed by atoms with Gasteiger partial charge in [-0.1, -0.05) is 6.92 Å². The number of benzene rings is 1. The zero-order chi connectivity index (χ0) is 30.9. The monoisotopic (exact) mass is 611 g/mol. The zero-order valence-corrected chi connectivity index (χ0v) is 23.9. The Morgan fingerprint density at radius 3 is 2.67 bits per heavy atom. The lowest BCUT2D eigenvalue weighted by atomic mass is 9.94. The summed E-state index contributed by atoms with van der Waals surface area (Å²) in [5, 5.41) is 0. The Bertz CT molecular complexity index is 1370. The van der Waals surface area contributed by atoms with E-state index in [1.54, 1.807) is 4.90 Å². The maximum atomic E-state index is 14.2. The van der Waals surface area contributed by atoms with Gasteiger partial charge in [-0.2, -0.15) is 23.1 Å². The number of alkyl halides is 3. The number of cyclic esters (lactones) is 1. The summed E-state index contributed by atoms with van der Waals surface area (Å²) in [5.74, 6) is -1.49. The van der Waals surface area contributed by atoms with Crippen LogP contribution in [0.15, 0.2) is 24.0 Å². The highest BCUT2D eigenvalue weighted by atomic mass is 19.4. The van der Waals surface area contributed by atoms with Crippen LogP contribution in [0.25, 0.3) is 0 Å². The normalized spacial score (nSPS) is 25.0. The zero-order valence-electron chi connectivity index (χ0n) is 23.9. The first-order chi connectivity index (χ1) is 20.5. The number of halogens is 5. The van der Waals surface area contributed by atoms with E-state index in [1.807, 2.05) is 6.92 Å². The number of hydrogen-bond acceptors (Lipinski definition) is 9. The fraction of sp³-hybridized carbons (Fsp3) is 0.552. The first kappa shape index (κ1) is 30.9. The minimum atomic E-state index is -4.94. The topological polar surface area (TPSA) is 103 Å². The van der Waals surface area contributed by atoms with Crippen molar-refractivity contribution in [2.45, 2.75) is 57.5 Å². The van der Waals surface area contributed by atoms with E-state index in [0.29, 0.717) is 35.7 Å². The summed E-state index contributed by atoms with van der Waals surface area (Å²) in [6.45, 7) is 4.51. The van der Waals surface area contributed by atoms with Crippen LogP contribution in [0, 0.1) is 11.7 Å². The third-order valence-corrected chi connectivity index (χ3v) is 8.05. The second-order valence-electron chi connectivity index (χ2n) is 11.3. The number of fused-ring (bicyclic) bond motifs is 2. The molecule has 2 aromatic rings. The fourth-order valence-corrected chi connectivity index (χ4v) is 6.12. The van der Waals surface area contributed by atoms with E-state index in [9.17, 15) is 26.7 Å². The minimum Gasteiger partial charge on any atom is -0.467 e. The first-order valence-electron chi connectivity index (χ1n) is 14.1. The number of nitrogen functional groups attached to an aromatic ring is 1. The van der Waals surface area contributed by atoms with Crippen molar-refractivity contribution in [2.24, 2.45) is 5.92 Å². The molecule has 3 fully saturated rings. The van der Waals surface area contributed by atoms with Crippen molar-refractivity contribution in [1.82, 2.24) is 14.9 Å². The molecule has 0 spiro atoms. The number of hydrogen-bond donors (Lipinski definition) is 1. The highest BCUT2D eigenvalue weighted by Crippen LogP contribution is 2.42. The number of rotatable bonds is 3. The van der Waals surface area contributed by atoms with Crippen molar-refractivity contribution in [3.05, 3.63) is 52.2 Å². The Kier molecular flexibility index (Phi) is 9.07. The van der Waals surface area contributed by atoms with Gasteiger partial charge in [0.1, 0.15) is 18.2 Å². The van der Waals surface area contributed by atoms with Crippen LogP contribution in [0.4, 0.5) is 33.5 Å². The summed E-state index contributed by atoms with van der Waals surface area (Å²) in [7, 11) is 1.36. The van der Waals surface area contributed by atoms with Crippen molar-refractivity contribution < 1.29 is 41.0 Å². The van der Waals surface area contributed by atoms with Crippen molar-refractivity contribution in [2.75, 3.05) is 50.5 Å². The van der Waals surface area contributed by atoms with Gasteiger partial charge in [0.25, 0.3) is 0 Å². The lowest BCUT2D eigenvalue weighted by Crippen LogP contribution is -2.34. The molecule has 5 heterocycles. The smallest absolute Gasteiger partial charge is 0.419 e. The molecule has 0 radical (unpaired) electrons. The van der Waals surface area contributed by atoms with E-state index < -0.39 is 35.2 Å². The number of esters is 1. The van der Waals surface area contributed by atoms with E-state index in [-0.39, 0.29) is 43.8 Å². The fourth-order valence-electron chi connectivity index (χ4n) is 6.12. The number of nitrogens with zero attached hydrogens (tertiary/aromatic N) is 4. The van der Waals surface area contributed by atoms with Crippen LogP contribution < -0.4 is 15.4 Å². The molecule has 9 nitrogen and oxygen atoms in total. The van der Waals surface area contributed by atoms with Gasteiger partial charge in [0.15, 0.2) is 0 Å². The molecule has 3 saturated heterocycles. The maximum absolute atomic E-state index is 14.2. The van der Waals surface area contributed by atoms with Crippen LogP contribution in [0.5, 0.6) is 6.01 Å². The molecule has 2 N–H and O–H groups in total. The number of methoxy groups -OCH3 is 1. The van der Waals surface area contributed by atoms with Gasteiger partial charge in [-0.15, -0.1) is 0 Å². The van der Waals surface area contributed by atoms with Gasteiger partial charge in [-0.3, -0.25) is 9.69 Å². The summed E-state index contributed by atoms with van der Waals surface area (Å²) < 4.78 is 83.1. The molecule has 3 atom stereocenters. The molecular weight excluding hydrogens is 577 g/mol. The van der Waals surface area contributed by atoms with Crippen LogP contribution in [-0.4, -0.2) is 66.8 Å². The van der Waals surface area contributed by atoms with Gasteiger partial charge in [-0.05, 0) is 49.1 Å². The number of ether oxygens (including phenoxy) is 3. The average molecular weight is 612 g/mol. The van der Waals surface area contributed by atoms with Gasteiger partial charge in [0, 0.05) is 42.7 Å². The highest BCUT2D eigenvalue weighted by molar-refractivity contribution is 5.76. The number of aromatic nitrogens is 2. The van der Waals surface area contributed by atoms with E-state index in [4.69, 9.17) is 19.9 Å². The largest absolute Gasteiger partial charge is 0.467 e. The third-order valence-electron chi connectivity index (χ3n) is 8.05. The van der Waals surface area contributed by atoms with Crippen LogP contribution in [0.2, 0.25) is 0 Å². The van der Waals surface area contributed by atoms with Crippen molar-refractivity contribution >= 4 is 17.5 Å². The lowest BCUT2D eigenvalue weighted by Gasteiger charge is -2.31. The Balaban J connectivity index is 0.000000308. The van der Waals surface area contributed by atoms with Gasteiger partial charge in [0.2, 0.25) is 0 Å². The first-order valence-corrected chi connectivity index (χ1v) is 14.1. The Morgan fingerprint density at radius 2 is 1.98 bits per heavy atom. The van der Waals surface area contributed by atoms with Crippen LogP contribution >= 0.6 is 0 Å². The molecule has 14 heteroatoms. The quantitative estimate of drug-likeness (QED) is 0.299. The number of carbonyl (C=O) groups is 1. The van der Waals surface area contributed by atoms with Gasteiger partial charge in [-0.25, -0.2) is 8.78 Å². The molecule has 0 aliphatic carbocycles. The molecule has 1 aromatic heterocycles. The SMILES string of the molecule is COc1nc2c(c(N3CC(=O)OCC(C)C3)n1)COC(c1cc(N)cc(F)c1C(F)(F)F)C2.F/C=C1/CC2CCCN2C1. The molecule has 0 bridgehead atoms. The minimum absolute atomic E-state index is 0.00975. The lowest BCUT2D eigenvalue weighted by molar-refractivity contribution is -0.142. The Hall–Kier alpha value is -3.52. The Morgan fingerprint density at radius 1 is 1.19 bits per heavy atom. The second kappa shape index (κ2) is 12.6. The van der Waals surface area contributed by atoms with Crippen LogP contribution in [-0.2, 0) is 33.5 Å². The molecule has 3 unspecified atom stereocenters. The van der Waals surface area contributed by atoms with E-state index in [0.717, 1.165) is 30.9 Å². The van der Waals surface area contributed by atoms with Gasteiger partial charge < -0.3 is 24.8 Å². The molecule has 6 rings (SSSR count). The highest BCUT2D eigenvalue weighted by Gasteiger charge is 2.41. The average Bonchev–Trinajstić information content (AvgIpc) is 3.51. The predicted molar refractivity (Wildman–Crippen MR) is 146 cm³/mol. The summed E-state index contributed by atoms with van der Waals surface area (Å²) in [6, 6.07) is 2.37. The second-order valence-corrected chi connectivity index (χ2v) is 11.3. The molecule has 4 aliphatic rings. The van der Waals surface area contributed by atoms with Crippen molar-refractivity contribution in [3.63, 3.8) is 0 Å². The molecule has 234 valence electrons. The van der Waals surface area contributed by atoms with E-state index in [1.165, 1.54) is 26.5 Å². The van der Waals surface area contributed by atoms with Crippen molar-refractivity contribution in [1.29, 1.82) is 0 Å². The molecular formula is C29H34F5N5O4. The number of anilines is 2. The van der Waals surface area contributed by atoms with Crippen molar-refractivity contribution in [3.8, 4) is 6.01 Å². The van der Waals surface area contributed by atoms with E-state index in [2.05, 4.69) is 14.9 Å². The summed E-state index contributed by atoms with van der Waals surface area (Å²) >= 11 is 0. The molecule has 1 aromatic carbocycles. The summed E-state index contributed by atoms with van der Waals surface area (Å²) in [4.78, 5) is 24.8. The van der Waals surface area contributed by atoms with E-state index >= 15 is 0 Å². The summed E-state index contributed by atoms with van der Waals surface area (Å²) in [6.07, 6.45) is -1.82. The third kappa shape index (κ3) is 6.85. The van der Waals surface area contributed by atoms with Crippen LogP contribution in [0.1, 0.15) is 54.7 Å². The molecule has 43 heavy (non-hydrogen) atoms. The molecule has 0 saturated carbocycles. The maximum Gasteiger partial charge on any atom is 0.419 e. The van der Waals surface area contributed by atoms with Gasteiger partial charge >= 0.3 is 18.2 Å². The number of nitrogens with two attached hydrogens (primary N) is 1. The Labute approximate surface area is 245 Å². The molecule has 0 amide bonds. The number of carbonyl (C=O) groups excluding carboxylic acids is 1. The summed E-state index contributed by atoms with van der Waals surface area (Å²) in [5.41, 5.74) is 5.54. The molecule has 4 aliphatic heterocycles. The predicted octanol–water partition coefficient (Wildman–Crippen LogP) is 4.75. The standard InChI is InChI=1S/C21H22F4N4O4.C8H12FN/c1-10-6-29(7-17(30)33-8-10)19-13-9-32-16(5-15(13)27-20(28-19)31-2)12-3-11(26)4-14(22)18(12)21(23,24)25;9-5-7-4-8-2-1-3-10(8)6-7/h3-4,10,16H,5-9,26H2,1-2H3;5,8H,1-4,6H2/b;7-5-.